The lowest BCUT2D eigenvalue weighted by Crippen LogP contribution is -2.26. The van der Waals surface area contributed by atoms with Crippen molar-refractivity contribution in [2.75, 3.05) is 26.0 Å². The molecule has 5 nitrogen and oxygen atoms in total. The summed E-state index contributed by atoms with van der Waals surface area (Å²) in [6.45, 7) is 8.35. The molecule has 0 N–H and O–H groups in total. The highest BCUT2D eigenvalue weighted by atomic mass is 28.3. The lowest BCUT2D eigenvalue weighted by Gasteiger charge is -2.10. The van der Waals surface area contributed by atoms with Crippen LogP contribution in [0.5, 0.6) is 5.75 Å². The second-order valence-electron chi connectivity index (χ2n) is 3.88. The molecule has 1 aromatic carbocycles. The Bertz CT molecular complexity index is 396. The maximum Gasteiger partial charge on any atom is 0.410 e. The molecular formula is C14H23N2O3Si. The first-order chi connectivity index (χ1) is 9.81. The predicted molar refractivity (Wildman–Crippen MR) is 80.0 cm³/mol. The maximum absolute atomic E-state index is 5.55. The number of hydrogen-bond acceptors (Lipinski definition) is 5. The van der Waals surface area contributed by atoms with E-state index in [0.29, 0.717) is 32.5 Å². The largest absolute Gasteiger partial charge is 0.494 e. The molecule has 0 saturated heterocycles. The summed E-state index contributed by atoms with van der Waals surface area (Å²) in [5.41, 5.74) is 1.04. The minimum Gasteiger partial charge on any atom is -0.494 e. The molecule has 20 heavy (non-hydrogen) atoms. The van der Waals surface area contributed by atoms with E-state index in [1.807, 2.05) is 45.0 Å². The van der Waals surface area contributed by atoms with Gasteiger partial charge >= 0.3 is 9.28 Å². The molecule has 0 fully saturated rings. The second kappa shape index (κ2) is 10.5. The lowest BCUT2D eigenvalue weighted by atomic mass is 10.2. The summed E-state index contributed by atoms with van der Waals surface area (Å²) in [5.74, 6) is 0.870. The summed E-state index contributed by atoms with van der Waals surface area (Å²) in [7, 11) is -1.31. The molecule has 0 spiro atoms. The van der Waals surface area contributed by atoms with E-state index < -0.39 is 9.28 Å². The molecule has 0 bridgehead atoms. The van der Waals surface area contributed by atoms with Crippen LogP contribution in [0.4, 0.5) is 0 Å². The van der Waals surface area contributed by atoms with Crippen LogP contribution in [0.15, 0.2) is 34.5 Å². The fourth-order valence-electron chi connectivity index (χ4n) is 1.62. The Hall–Kier alpha value is -1.24. The number of rotatable bonds is 10. The zero-order valence-electron chi connectivity index (χ0n) is 12.5. The van der Waals surface area contributed by atoms with E-state index in [1.165, 1.54) is 0 Å². The van der Waals surface area contributed by atoms with Gasteiger partial charge in [-0.1, -0.05) is 18.2 Å². The van der Waals surface area contributed by atoms with Gasteiger partial charge in [0.1, 0.15) is 11.9 Å². The van der Waals surface area contributed by atoms with Crippen molar-refractivity contribution >= 4 is 9.28 Å². The summed E-state index contributed by atoms with van der Waals surface area (Å²) in [6.07, 6.45) is 0.517. The van der Waals surface area contributed by atoms with Crippen LogP contribution in [0, 0.1) is 0 Å². The fraction of sp³-hybridized carbons (Fsp3) is 0.571. The molecule has 0 aliphatic heterocycles. The molecule has 0 saturated carbocycles. The molecule has 0 aliphatic carbocycles. The number of ether oxygens (including phenoxy) is 1. The van der Waals surface area contributed by atoms with E-state index in [2.05, 4.69) is 10.2 Å². The molecule has 0 atom stereocenters. The molecule has 6 heteroatoms. The highest BCUT2D eigenvalue weighted by Crippen LogP contribution is 2.18. The van der Waals surface area contributed by atoms with Crippen LogP contribution in [-0.2, 0) is 15.4 Å². The Labute approximate surface area is 122 Å². The molecule has 1 radical (unpaired) electrons. The first-order valence-corrected chi connectivity index (χ1v) is 8.49. The van der Waals surface area contributed by atoms with E-state index in [-0.39, 0.29) is 0 Å². The average molecular weight is 295 g/mol. The van der Waals surface area contributed by atoms with Crippen molar-refractivity contribution in [2.24, 2.45) is 10.2 Å². The Morgan fingerprint density at radius 3 is 2.30 bits per heavy atom. The Balaban J connectivity index is 2.47. The third-order valence-corrected chi connectivity index (χ3v) is 4.04. The van der Waals surface area contributed by atoms with E-state index in [1.54, 1.807) is 0 Å². The van der Waals surface area contributed by atoms with Gasteiger partial charge in [0.15, 0.2) is 0 Å². The third-order valence-electron chi connectivity index (χ3n) is 2.42. The molecule has 0 aliphatic rings. The smallest absolute Gasteiger partial charge is 0.410 e. The highest BCUT2D eigenvalue weighted by Gasteiger charge is 2.13. The number of benzene rings is 1. The van der Waals surface area contributed by atoms with Crippen LogP contribution in [-0.4, -0.2) is 35.3 Å². The standard InChI is InChI=1S/C14H23N2O3Si/c1-4-17-14-10-8-7-9-13(14)11-15-16-12-20(18-5-2)19-6-3/h7-10H,4-6,11-12H2,1-3H3. The van der Waals surface area contributed by atoms with Crippen LogP contribution in [0.25, 0.3) is 0 Å². The van der Waals surface area contributed by atoms with Gasteiger partial charge in [-0.05, 0) is 26.8 Å². The van der Waals surface area contributed by atoms with Crippen LogP contribution < -0.4 is 4.74 Å². The monoisotopic (exact) mass is 295 g/mol. The minimum absolute atomic E-state index is 0.517. The van der Waals surface area contributed by atoms with Gasteiger partial charge in [0, 0.05) is 18.8 Å². The summed E-state index contributed by atoms with van der Waals surface area (Å²) in [4.78, 5) is 0. The van der Waals surface area contributed by atoms with Crippen LogP contribution in [0.3, 0.4) is 0 Å². The average Bonchev–Trinajstić information content (AvgIpc) is 2.46. The van der Waals surface area contributed by atoms with Crippen molar-refractivity contribution in [1.82, 2.24) is 0 Å². The van der Waals surface area contributed by atoms with Crippen LogP contribution >= 0.6 is 0 Å². The van der Waals surface area contributed by atoms with Crippen molar-refractivity contribution in [3.8, 4) is 5.75 Å². The Morgan fingerprint density at radius 2 is 1.65 bits per heavy atom. The Kier molecular flexibility index (Phi) is 8.85. The quantitative estimate of drug-likeness (QED) is 0.492. The fourth-order valence-corrected chi connectivity index (χ4v) is 2.74. The van der Waals surface area contributed by atoms with Crippen molar-refractivity contribution < 1.29 is 13.6 Å². The molecule has 0 unspecified atom stereocenters. The first kappa shape index (κ1) is 16.8. The highest BCUT2D eigenvalue weighted by molar-refractivity contribution is 6.44. The number of para-hydroxylation sites is 1. The molecule has 111 valence electrons. The van der Waals surface area contributed by atoms with E-state index >= 15 is 0 Å². The topological polar surface area (TPSA) is 52.4 Å². The van der Waals surface area contributed by atoms with E-state index in [4.69, 9.17) is 13.6 Å². The van der Waals surface area contributed by atoms with Crippen molar-refractivity contribution in [3.05, 3.63) is 29.8 Å². The summed E-state index contributed by atoms with van der Waals surface area (Å²) >= 11 is 0. The third kappa shape index (κ3) is 6.27. The van der Waals surface area contributed by atoms with Crippen molar-refractivity contribution in [3.63, 3.8) is 0 Å². The number of hydrogen-bond donors (Lipinski definition) is 0. The Morgan fingerprint density at radius 1 is 0.950 bits per heavy atom. The molecular weight excluding hydrogens is 272 g/mol. The van der Waals surface area contributed by atoms with Gasteiger partial charge < -0.3 is 13.6 Å². The first-order valence-electron chi connectivity index (χ1n) is 6.97. The zero-order valence-corrected chi connectivity index (χ0v) is 13.5. The minimum atomic E-state index is -1.31. The van der Waals surface area contributed by atoms with Crippen molar-refractivity contribution in [1.29, 1.82) is 0 Å². The van der Waals surface area contributed by atoms with Gasteiger partial charge in [-0.25, -0.2) is 0 Å². The number of azo groups is 1. The van der Waals surface area contributed by atoms with Crippen molar-refractivity contribution in [2.45, 2.75) is 27.3 Å². The van der Waals surface area contributed by atoms with Gasteiger partial charge in [-0.15, -0.1) is 0 Å². The number of nitrogens with zero attached hydrogens (tertiary/aromatic N) is 2. The zero-order chi connectivity index (χ0) is 14.6. The molecule has 1 aromatic rings. The molecule has 0 amide bonds. The lowest BCUT2D eigenvalue weighted by molar-refractivity contribution is 0.214. The molecule has 0 heterocycles. The van der Waals surface area contributed by atoms with Gasteiger partial charge in [0.2, 0.25) is 0 Å². The predicted octanol–water partition coefficient (Wildman–Crippen LogP) is 3.14. The molecule has 1 rings (SSSR count). The van der Waals surface area contributed by atoms with Gasteiger partial charge in [0.05, 0.1) is 13.2 Å². The summed E-state index contributed by atoms with van der Waals surface area (Å²) in [6, 6.07) is 7.88. The van der Waals surface area contributed by atoms with Gasteiger partial charge in [-0.2, -0.15) is 10.2 Å². The molecule has 0 aromatic heterocycles. The van der Waals surface area contributed by atoms with Gasteiger partial charge in [-0.3, -0.25) is 0 Å². The summed E-state index contributed by atoms with van der Waals surface area (Å²) < 4.78 is 16.5. The SMILES string of the molecule is CCOc1ccccc1CN=NC[Si](OCC)OCC. The van der Waals surface area contributed by atoms with E-state index in [0.717, 1.165) is 11.3 Å². The normalized spacial score (nSPS) is 11.4. The van der Waals surface area contributed by atoms with Crippen LogP contribution in [0.1, 0.15) is 26.3 Å². The maximum atomic E-state index is 5.55. The van der Waals surface area contributed by atoms with Crippen LogP contribution in [0.2, 0.25) is 0 Å². The van der Waals surface area contributed by atoms with Gasteiger partial charge in [0.25, 0.3) is 0 Å². The van der Waals surface area contributed by atoms with E-state index in [9.17, 15) is 0 Å². The second-order valence-corrected chi connectivity index (χ2v) is 5.52. The summed E-state index contributed by atoms with van der Waals surface area (Å²) in [5, 5.41) is 8.37.